The van der Waals surface area contributed by atoms with E-state index in [1.807, 2.05) is 0 Å². The summed E-state index contributed by atoms with van der Waals surface area (Å²) in [5, 5.41) is 44.9. The molecule has 20 radical (unpaired) electrons. The van der Waals surface area contributed by atoms with Gasteiger partial charge in [0.05, 0.1) is 0 Å². The molecule has 0 rings (SSSR count). The van der Waals surface area contributed by atoms with Crippen molar-refractivity contribution in [3.05, 3.63) is 0 Å². The van der Waals surface area contributed by atoms with Gasteiger partial charge in [0.15, 0.2) is 0 Å². The van der Waals surface area contributed by atoms with Crippen LogP contribution in [0.5, 0.6) is 0 Å². The fourth-order valence-electron chi connectivity index (χ4n) is 0.119. The fraction of sp³-hybridized carbons (Fsp3) is 0. The number of hydrogen-bond acceptors (Lipinski definition) is 19. The van der Waals surface area contributed by atoms with Gasteiger partial charge in [0.2, 0.25) is 0 Å². The molecule has 0 saturated carbocycles. The summed E-state index contributed by atoms with van der Waals surface area (Å²) in [6.45, 7) is 0. The van der Waals surface area contributed by atoms with E-state index in [2.05, 4.69) is 59.4 Å². The Morgan fingerprint density at radius 2 is 0.533 bits per heavy atom. The Kier molecular flexibility index (Phi) is 307. The third-order valence-corrected chi connectivity index (χ3v) is 0.398. The molecule has 0 unspecified atom stereocenters. The second-order valence-corrected chi connectivity index (χ2v) is 1.04. The molecule has 0 aliphatic heterocycles. The molecule has 148 valence electrons. The Labute approximate surface area is 267 Å². The Morgan fingerprint density at radius 3 is 0.700 bits per heavy atom. The van der Waals surface area contributed by atoms with Gasteiger partial charge in [0, 0.05) is 69.4 Å². The van der Waals surface area contributed by atoms with Crippen LogP contribution in [-0.2, 0) is 82.2 Å². The van der Waals surface area contributed by atoms with Crippen LogP contribution in [-0.4, -0.2) is 189 Å². The zero-order valence-electron chi connectivity index (χ0n) is 14.1. The third-order valence-electron chi connectivity index (χ3n) is 0.320. The standard InChI is InChI=1S/11Al.H2O13.6O/c;;;;;;;;;;;1-3-5-7-9-11-13-12-10-8-6-4-2;;;;;;/h;;;;;;;;;;;1-2H;;;;;;/q;;;;;;;;;;+1;;;;;;;/p-1. The van der Waals surface area contributed by atoms with E-state index >= 15 is 0 Å². The van der Waals surface area contributed by atoms with Crippen LogP contribution in [0.4, 0.5) is 0 Å². The Bertz CT molecular complexity index is 151. The molecular formula is HAl11O19. The Hall–Kier alpha value is 4.14. The zero-order valence-corrected chi connectivity index (χ0v) is 26.8. The first-order valence-electron chi connectivity index (χ1n) is 3.67. The quantitative estimate of drug-likeness (QED) is 0.100. The van der Waals surface area contributed by atoms with Crippen molar-refractivity contribution in [3.8, 4) is 0 Å². The Balaban J connectivity index is -0.0000000217. The van der Waals surface area contributed by atoms with Gasteiger partial charge in [0.1, 0.15) is 0 Å². The van der Waals surface area contributed by atoms with Gasteiger partial charge >= 0.3 is 137 Å². The van der Waals surface area contributed by atoms with Crippen molar-refractivity contribution in [2.45, 2.75) is 0 Å². The topological polar surface area (TPSA) is 233 Å². The van der Waals surface area contributed by atoms with Crippen molar-refractivity contribution in [1.82, 2.24) is 0 Å². The van der Waals surface area contributed by atoms with Gasteiger partial charge in [0.25, 0.3) is 0 Å². The normalized spacial score (nSPS) is 5.57. The summed E-state index contributed by atoms with van der Waals surface area (Å²) in [7, 11) is 0. The van der Waals surface area contributed by atoms with E-state index in [9.17, 15) is 0 Å². The van der Waals surface area contributed by atoms with Crippen LogP contribution >= 0.6 is 0 Å². The molecule has 0 heterocycles. The van der Waals surface area contributed by atoms with Crippen molar-refractivity contribution in [2.75, 3.05) is 0 Å². The summed E-state index contributed by atoms with van der Waals surface area (Å²) in [5.41, 5.74) is 0. The van der Waals surface area contributed by atoms with E-state index < -0.39 is 0 Å². The Morgan fingerprint density at radius 1 is 0.367 bits per heavy atom. The van der Waals surface area contributed by atoms with Crippen molar-refractivity contribution < 1.29 is 87.4 Å². The second kappa shape index (κ2) is 131. The SMILES string of the molecule is OOOOOOOOOOOO[O][Al].[Al].[Al].[Al].[Al].[O]=[Al].[O]=[Al].[O]=[Al].[O]=[Al].[O]=[Al].[O]=[Al]. The number of rotatable bonds is 11. The average molecular weight is 602 g/mol. The van der Waals surface area contributed by atoms with Gasteiger partial charge in [-0.3, -0.25) is 0 Å². The van der Waals surface area contributed by atoms with Crippen LogP contribution in [0, 0.1) is 0 Å². The molecule has 30 heteroatoms. The van der Waals surface area contributed by atoms with Crippen molar-refractivity contribution >= 4 is 183 Å². The molecule has 0 aromatic rings. The van der Waals surface area contributed by atoms with Crippen LogP contribution < -0.4 is 0 Å². The predicted molar refractivity (Wildman–Crippen MR) is 83.1 cm³/mol. The molecule has 0 aliphatic carbocycles. The fourth-order valence-corrected chi connectivity index (χ4v) is 0.151. The molecule has 0 amide bonds. The summed E-state index contributed by atoms with van der Waals surface area (Å²) in [5.74, 6) is 0. The van der Waals surface area contributed by atoms with Gasteiger partial charge in [-0.05, 0) is 50.4 Å². The van der Waals surface area contributed by atoms with E-state index in [1.54, 1.807) is 16.6 Å². The first-order chi connectivity index (χ1) is 12.9. The molecule has 1 N–H and O–H groups in total. The number of hydrogen-bond donors (Lipinski definition) is 1. The van der Waals surface area contributed by atoms with Gasteiger partial charge in [-0.15, -0.1) is 0 Å². The van der Waals surface area contributed by atoms with E-state index in [0.717, 1.165) is 0 Å². The van der Waals surface area contributed by atoms with Crippen LogP contribution in [0.25, 0.3) is 0 Å². The van der Waals surface area contributed by atoms with Crippen molar-refractivity contribution in [2.24, 2.45) is 0 Å². The predicted octanol–water partition coefficient (Wildman–Crippen LogP) is -5.71. The molecule has 19 nitrogen and oxygen atoms in total. The summed E-state index contributed by atoms with van der Waals surface area (Å²) in [6, 6.07) is 0. The maximum atomic E-state index is 8.17. The molecule has 0 bridgehead atoms. The second-order valence-electron chi connectivity index (χ2n) is 0.851. The van der Waals surface area contributed by atoms with Crippen LogP contribution in [0.15, 0.2) is 0 Å². The minimum absolute atomic E-state index is 0. The first-order valence-corrected chi connectivity index (χ1v) is 6.97. The summed E-state index contributed by atoms with van der Waals surface area (Å²) >= 11 is 8.65. The van der Waals surface area contributed by atoms with E-state index in [1.165, 1.54) is 97.3 Å². The maximum absolute atomic E-state index is 8.17. The van der Waals surface area contributed by atoms with Gasteiger partial charge in [-0.2, -0.15) is 0 Å². The van der Waals surface area contributed by atoms with Crippen molar-refractivity contribution in [3.63, 3.8) is 0 Å². The van der Waals surface area contributed by atoms with Crippen LogP contribution in [0.2, 0.25) is 0 Å². The van der Waals surface area contributed by atoms with Gasteiger partial charge in [-0.1, -0.05) is 5.04 Å². The molecule has 0 fully saturated rings. The van der Waals surface area contributed by atoms with Crippen LogP contribution in [0.1, 0.15) is 0 Å². The van der Waals surface area contributed by atoms with Gasteiger partial charge in [-0.25, -0.2) is 5.26 Å². The molecule has 30 heavy (non-hydrogen) atoms. The van der Waals surface area contributed by atoms with Crippen molar-refractivity contribution in [1.29, 1.82) is 0 Å². The third kappa shape index (κ3) is 136. The minimum atomic E-state index is 0. The van der Waals surface area contributed by atoms with Crippen LogP contribution in [0.3, 0.4) is 0 Å². The zero-order chi connectivity index (χ0) is 22.5. The molecule has 0 aromatic heterocycles. The molecule has 0 atom stereocenters. The summed E-state index contributed by atoms with van der Waals surface area (Å²) < 4.78 is 52.8. The van der Waals surface area contributed by atoms with E-state index in [-0.39, 0.29) is 69.4 Å². The monoisotopic (exact) mass is 602 g/mol. The average Bonchev–Trinajstić information content (AvgIpc) is 2.78. The molecule has 0 aromatic carbocycles. The molecular weight excluding hydrogens is 601 g/mol. The van der Waals surface area contributed by atoms with Gasteiger partial charge < -0.3 is 3.94 Å². The summed E-state index contributed by atoms with van der Waals surface area (Å²) in [4.78, 5) is 0. The molecule has 0 saturated heterocycles. The summed E-state index contributed by atoms with van der Waals surface area (Å²) in [6.07, 6.45) is 0. The molecule has 0 spiro atoms. The first kappa shape index (κ1) is 70.0. The van der Waals surface area contributed by atoms with E-state index in [4.69, 9.17) is 28.1 Å². The van der Waals surface area contributed by atoms with E-state index in [0.29, 0.717) is 0 Å². The molecule has 0 aliphatic rings.